The van der Waals surface area contributed by atoms with Crippen LogP contribution in [0.3, 0.4) is 0 Å². The molecule has 3 heteroatoms. The Bertz CT molecular complexity index is 569. The number of aromatic nitrogens is 1. The van der Waals surface area contributed by atoms with Crippen molar-refractivity contribution in [1.82, 2.24) is 5.16 Å². The smallest absolute Gasteiger partial charge is 0.198 e. The third-order valence-electron chi connectivity index (χ3n) is 3.04. The minimum absolute atomic E-state index is 0.0434. The first-order chi connectivity index (χ1) is 7.77. The molecule has 0 bridgehead atoms. The molecule has 3 nitrogen and oxygen atoms in total. The van der Waals surface area contributed by atoms with Crippen LogP contribution in [-0.2, 0) is 12.8 Å². The standard InChI is InChI=1S/C13H11NO2/c1-8-12-11(16-14-8)7-6-9-4-2-3-5-10(9)13(12)15/h2-5H,6-7H2,1H3. The summed E-state index contributed by atoms with van der Waals surface area (Å²) in [7, 11) is 0. The van der Waals surface area contributed by atoms with Gasteiger partial charge in [0.05, 0.1) is 11.3 Å². The number of nitrogens with zero attached hydrogens (tertiary/aromatic N) is 1. The van der Waals surface area contributed by atoms with Crippen LogP contribution in [0.5, 0.6) is 0 Å². The molecule has 1 heterocycles. The lowest BCUT2D eigenvalue weighted by molar-refractivity contribution is 0.103. The van der Waals surface area contributed by atoms with Crippen molar-refractivity contribution in [3.05, 3.63) is 52.4 Å². The van der Waals surface area contributed by atoms with Gasteiger partial charge in [-0.1, -0.05) is 29.4 Å². The zero-order chi connectivity index (χ0) is 11.1. The first-order valence-corrected chi connectivity index (χ1v) is 5.35. The largest absolute Gasteiger partial charge is 0.360 e. The van der Waals surface area contributed by atoms with E-state index >= 15 is 0 Å². The molecule has 1 aliphatic rings. The minimum Gasteiger partial charge on any atom is -0.360 e. The maximum Gasteiger partial charge on any atom is 0.198 e. The zero-order valence-electron chi connectivity index (χ0n) is 8.99. The average Bonchev–Trinajstić information content (AvgIpc) is 2.60. The van der Waals surface area contributed by atoms with Gasteiger partial charge in [-0.15, -0.1) is 0 Å². The molecule has 0 N–H and O–H groups in total. The molecule has 3 rings (SSSR count). The number of hydrogen-bond acceptors (Lipinski definition) is 3. The molecule has 16 heavy (non-hydrogen) atoms. The van der Waals surface area contributed by atoms with Crippen molar-refractivity contribution in [2.45, 2.75) is 19.8 Å². The summed E-state index contributed by atoms with van der Waals surface area (Å²) in [6.07, 6.45) is 1.59. The van der Waals surface area contributed by atoms with Gasteiger partial charge in [0.25, 0.3) is 0 Å². The summed E-state index contributed by atoms with van der Waals surface area (Å²) in [6, 6.07) is 7.73. The Morgan fingerprint density at radius 3 is 2.94 bits per heavy atom. The van der Waals surface area contributed by atoms with E-state index in [-0.39, 0.29) is 5.78 Å². The van der Waals surface area contributed by atoms with Gasteiger partial charge in [-0.2, -0.15) is 0 Å². The van der Waals surface area contributed by atoms with E-state index in [1.54, 1.807) is 0 Å². The van der Waals surface area contributed by atoms with Gasteiger partial charge in [-0.25, -0.2) is 0 Å². The molecule has 1 aromatic heterocycles. The lowest BCUT2D eigenvalue weighted by atomic mass is 10.00. The highest BCUT2D eigenvalue weighted by Gasteiger charge is 2.26. The van der Waals surface area contributed by atoms with E-state index in [0.29, 0.717) is 11.3 Å². The molecule has 0 atom stereocenters. The third kappa shape index (κ3) is 1.21. The Morgan fingerprint density at radius 1 is 1.25 bits per heavy atom. The van der Waals surface area contributed by atoms with E-state index in [4.69, 9.17) is 4.52 Å². The number of aryl methyl sites for hydroxylation is 3. The highest BCUT2D eigenvalue weighted by molar-refractivity contribution is 6.11. The second kappa shape index (κ2) is 3.30. The van der Waals surface area contributed by atoms with E-state index in [9.17, 15) is 4.79 Å². The minimum atomic E-state index is 0.0434. The molecule has 0 aliphatic heterocycles. The number of rotatable bonds is 0. The Kier molecular flexibility index (Phi) is 1.93. The molecule has 1 aliphatic carbocycles. The molecule has 0 unspecified atom stereocenters. The Hall–Kier alpha value is -1.90. The van der Waals surface area contributed by atoms with Crippen LogP contribution < -0.4 is 0 Å². The van der Waals surface area contributed by atoms with Crippen molar-refractivity contribution in [3.63, 3.8) is 0 Å². The number of hydrogen-bond donors (Lipinski definition) is 0. The summed E-state index contributed by atoms with van der Waals surface area (Å²) >= 11 is 0. The van der Waals surface area contributed by atoms with Crippen LogP contribution in [0.1, 0.15) is 32.9 Å². The summed E-state index contributed by atoms with van der Waals surface area (Å²) in [6.45, 7) is 1.81. The molecule has 0 fully saturated rings. The highest BCUT2D eigenvalue weighted by Crippen LogP contribution is 2.26. The van der Waals surface area contributed by atoms with Gasteiger partial charge in [-0.05, 0) is 18.9 Å². The Morgan fingerprint density at radius 2 is 2.06 bits per heavy atom. The second-order valence-corrected chi connectivity index (χ2v) is 4.05. The topological polar surface area (TPSA) is 43.1 Å². The molecular formula is C13H11NO2. The lowest BCUT2D eigenvalue weighted by Crippen LogP contribution is -2.04. The maximum absolute atomic E-state index is 12.3. The monoisotopic (exact) mass is 213 g/mol. The summed E-state index contributed by atoms with van der Waals surface area (Å²) in [5.74, 6) is 0.764. The van der Waals surface area contributed by atoms with Crippen LogP contribution in [0.25, 0.3) is 0 Å². The number of benzene rings is 1. The predicted molar refractivity (Wildman–Crippen MR) is 58.5 cm³/mol. The second-order valence-electron chi connectivity index (χ2n) is 4.05. The quantitative estimate of drug-likeness (QED) is 0.674. The molecule has 80 valence electrons. The predicted octanol–water partition coefficient (Wildman–Crippen LogP) is 2.31. The summed E-state index contributed by atoms with van der Waals surface area (Å²) in [5.41, 5.74) is 3.23. The van der Waals surface area contributed by atoms with Crippen LogP contribution in [0.4, 0.5) is 0 Å². The molecule has 0 amide bonds. The maximum atomic E-state index is 12.3. The van der Waals surface area contributed by atoms with E-state index < -0.39 is 0 Å². The number of fused-ring (bicyclic) bond motifs is 2. The number of carbonyl (C=O) groups is 1. The number of ketones is 1. The van der Waals surface area contributed by atoms with E-state index in [2.05, 4.69) is 5.16 Å². The molecule has 2 aromatic rings. The van der Waals surface area contributed by atoms with Gasteiger partial charge in [0.2, 0.25) is 0 Å². The first kappa shape index (κ1) is 9.33. The van der Waals surface area contributed by atoms with E-state index in [1.807, 2.05) is 31.2 Å². The average molecular weight is 213 g/mol. The SMILES string of the molecule is Cc1noc2c1C(=O)c1ccccc1CC2. The Balaban J connectivity index is 2.24. The van der Waals surface area contributed by atoms with Gasteiger partial charge >= 0.3 is 0 Å². The van der Waals surface area contributed by atoms with Crippen LogP contribution >= 0.6 is 0 Å². The molecule has 0 saturated heterocycles. The highest BCUT2D eigenvalue weighted by atomic mass is 16.5. The fraction of sp³-hybridized carbons (Fsp3) is 0.231. The van der Waals surface area contributed by atoms with Crippen LogP contribution in [0.15, 0.2) is 28.8 Å². The number of carbonyl (C=O) groups excluding carboxylic acids is 1. The zero-order valence-corrected chi connectivity index (χ0v) is 8.99. The van der Waals surface area contributed by atoms with Crippen molar-refractivity contribution in [2.24, 2.45) is 0 Å². The van der Waals surface area contributed by atoms with Crippen LogP contribution in [0.2, 0.25) is 0 Å². The van der Waals surface area contributed by atoms with Gasteiger partial charge in [0, 0.05) is 12.0 Å². The third-order valence-corrected chi connectivity index (χ3v) is 3.04. The molecule has 0 spiro atoms. The first-order valence-electron chi connectivity index (χ1n) is 5.35. The summed E-state index contributed by atoms with van der Waals surface area (Å²) < 4.78 is 5.20. The van der Waals surface area contributed by atoms with Crippen molar-refractivity contribution >= 4 is 5.78 Å². The van der Waals surface area contributed by atoms with Gasteiger partial charge in [-0.3, -0.25) is 4.79 Å². The van der Waals surface area contributed by atoms with Crippen molar-refractivity contribution < 1.29 is 9.32 Å². The molecule has 0 radical (unpaired) electrons. The van der Waals surface area contributed by atoms with Crippen LogP contribution in [-0.4, -0.2) is 10.9 Å². The van der Waals surface area contributed by atoms with Gasteiger partial charge < -0.3 is 4.52 Å². The fourth-order valence-electron chi connectivity index (χ4n) is 2.22. The molecular weight excluding hydrogens is 202 g/mol. The van der Waals surface area contributed by atoms with E-state index in [1.165, 1.54) is 0 Å². The molecule has 1 aromatic carbocycles. The van der Waals surface area contributed by atoms with E-state index in [0.717, 1.165) is 29.7 Å². The van der Waals surface area contributed by atoms with Crippen LogP contribution in [0, 0.1) is 6.92 Å². The summed E-state index contributed by atoms with van der Waals surface area (Å²) in [5, 5.41) is 3.87. The Labute approximate surface area is 93.1 Å². The normalized spacial score (nSPS) is 14.2. The lowest BCUT2D eigenvalue weighted by Gasteiger charge is -2.02. The van der Waals surface area contributed by atoms with Gasteiger partial charge in [0.1, 0.15) is 5.76 Å². The van der Waals surface area contributed by atoms with Crippen molar-refractivity contribution in [2.75, 3.05) is 0 Å². The summed E-state index contributed by atoms with van der Waals surface area (Å²) in [4.78, 5) is 12.3. The molecule has 0 saturated carbocycles. The van der Waals surface area contributed by atoms with Gasteiger partial charge in [0.15, 0.2) is 5.78 Å². The van der Waals surface area contributed by atoms with Crippen molar-refractivity contribution in [3.8, 4) is 0 Å². The van der Waals surface area contributed by atoms with Crippen molar-refractivity contribution in [1.29, 1.82) is 0 Å². The fourth-order valence-corrected chi connectivity index (χ4v) is 2.22.